The van der Waals surface area contributed by atoms with Gasteiger partial charge in [0, 0.05) is 12.6 Å². The fourth-order valence-electron chi connectivity index (χ4n) is 2.09. The van der Waals surface area contributed by atoms with E-state index in [1.54, 1.807) is 16.4 Å². The Labute approximate surface area is 105 Å². The number of nitrogens with zero attached hydrogens (tertiary/aromatic N) is 1. The zero-order valence-corrected chi connectivity index (χ0v) is 11.4. The lowest BCUT2D eigenvalue weighted by atomic mass is 10.2. The monoisotopic (exact) mass is 279 g/mol. The van der Waals surface area contributed by atoms with Crippen molar-refractivity contribution in [3.8, 4) is 0 Å². The second-order valence-electron chi connectivity index (χ2n) is 3.88. The Kier molecular flexibility index (Phi) is 3.59. The van der Waals surface area contributed by atoms with Crippen molar-refractivity contribution in [3.63, 3.8) is 0 Å². The number of halogens is 1. The fourth-order valence-corrected chi connectivity index (χ4v) is 5.46. The van der Waals surface area contributed by atoms with Gasteiger partial charge >= 0.3 is 0 Å². The normalized spacial score (nSPS) is 22.8. The predicted octanol–water partition coefficient (Wildman–Crippen LogP) is 2.96. The highest BCUT2D eigenvalue weighted by Gasteiger charge is 2.34. The van der Waals surface area contributed by atoms with Gasteiger partial charge in [0.1, 0.15) is 4.21 Å². The summed E-state index contributed by atoms with van der Waals surface area (Å²) in [4.78, 5) is 0. The molecule has 6 heteroatoms. The molecule has 1 saturated heterocycles. The smallest absolute Gasteiger partial charge is 0.206 e. The Morgan fingerprint density at radius 2 is 2.31 bits per heavy atom. The predicted molar refractivity (Wildman–Crippen MR) is 66.5 cm³/mol. The number of sulfonamides is 1. The summed E-state index contributed by atoms with van der Waals surface area (Å²) < 4.78 is 27.1. The van der Waals surface area contributed by atoms with Crippen LogP contribution in [0, 0.1) is 0 Å². The average molecular weight is 280 g/mol. The molecule has 0 amide bonds. The Morgan fingerprint density at radius 3 is 2.88 bits per heavy atom. The maximum atomic E-state index is 12.3. The standard InChI is InChI=1S/C10H14ClNO2S2/c1-2-8-4-3-7-12(8)16(13,14)10-6-5-9(11)15-10/h5-6,8H,2-4,7H2,1H3. The van der Waals surface area contributed by atoms with E-state index in [4.69, 9.17) is 11.6 Å². The third kappa shape index (κ3) is 2.14. The SMILES string of the molecule is CCC1CCCN1S(=O)(=O)c1ccc(Cl)s1. The molecule has 1 fully saturated rings. The number of rotatable bonds is 3. The lowest BCUT2D eigenvalue weighted by molar-refractivity contribution is 0.380. The largest absolute Gasteiger partial charge is 0.252 e. The van der Waals surface area contributed by atoms with Crippen molar-refractivity contribution in [2.24, 2.45) is 0 Å². The van der Waals surface area contributed by atoms with Gasteiger partial charge in [0.25, 0.3) is 10.0 Å². The summed E-state index contributed by atoms with van der Waals surface area (Å²) in [5, 5.41) is 0. The summed E-state index contributed by atoms with van der Waals surface area (Å²) in [6.07, 6.45) is 2.80. The molecule has 90 valence electrons. The molecule has 1 aliphatic rings. The summed E-state index contributed by atoms with van der Waals surface area (Å²) in [6.45, 7) is 2.66. The molecule has 0 saturated carbocycles. The summed E-state index contributed by atoms with van der Waals surface area (Å²) in [7, 11) is -3.31. The van der Waals surface area contributed by atoms with Crippen LogP contribution < -0.4 is 0 Å². The molecular weight excluding hydrogens is 266 g/mol. The number of hydrogen-bond acceptors (Lipinski definition) is 3. The molecule has 2 heterocycles. The van der Waals surface area contributed by atoms with Gasteiger partial charge in [-0.1, -0.05) is 18.5 Å². The maximum Gasteiger partial charge on any atom is 0.252 e. The molecule has 0 aliphatic carbocycles. The van der Waals surface area contributed by atoms with Crippen LogP contribution in [0.5, 0.6) is 0 Å². The van der Waals surface area contributed by atoms with E-state index in [1.165, 1.54) is 0 Å². The number of hydrogen-bond donors (Lipinski definition) is 0. The summed E-state index contributed by atoms with van der Waals surface area (Å²) in [5.41, 5.74) is 0. The van der Waals surface area contributed by atoms with Crippen molar-refractivity contribution < 1.29 is 8.42 Å². The first-order chi connectivity index (χ1) is 7.55. The fraction of sp³-hybridized carbons (Fsp3) is 0.600. The van der Waals surface area contributed by atoms with Crippen molar-refractivity contribution in [1.29, 1.82) is 0 Å². The molecule has 0 N–H and O–H groups in total. The third-order valence-corrected chi connectivity index (χ3v) is 6.56. The van der Waals surface area contributed by atoms with Crippen LogP contribution in [0.25, 0.3) is 0 Å². The molecule has 1 unspecified atom stereocenters. The Balaban J connectivity index is 2.32. The summed E-state index contributed by atoms with van der Waals surface area (Å²) >= 11 is 6.91. The zero-order valence-electron chi connectivity index (χ0n) is 9.02. The molecule has 1 atom stereocenters. The summed E-state index contributed by atoms with van der Waals surface area (Å²) in [5.74, 6) is 0. The van der Waals surface area contributed by atoms with E-state index < -0.39 is 10.0 Å². The lowest BCUT2D eigenvalue weighted by Crippen LogP contribution is -2.34. The first kappa shape index (κ1) is 12.4. The highest BCUT2D eigenvalue weighted by atomic mass is 35.5. The lowest BCUT2D eigenvalue weighted by Gasteiger charge is -2.21. The molecule has 3 nitrogen and oxygen atoms in total. The van der Waals surface area contributed by atoms with E-state index in [1.807, 2.05) is 6.92 Å². The molecule has 1 aromatic heterocycles. The van der Waals surface area contributed by atoms with Gasteiger partial charge in [-0.2, -0.15) is 4.31 Å². The minimum absolute atomic E-state index is 0.158. The van der Waals surface area contributed by atoms with Gasteiger partial charge in [-0.15, -0.1) is 11.3 Å². The van der Waals surface area contributed by atoms with Crippen molar-refractivity contribution in [2.45, 2.75) is 36.4 Å². The van der Waals surface area contributed by atoms with Gasteiger partial charge in [0.05, 0.1) is 4.34 Å². The van der Waals surface area contributed by atoms with Crippen LogP contribution in [0.15, 0.2) is 16.3 Å². The van der Waals surface area contributed by atoms with Crippen LogP contribution in [0.3, 0.4) is 0 Å². The van der Waals surface area contributed by atoms with Gasteiger partial charge in [0.2, 0.25) is 0 Å². The molecule has 1 aliphatic heterocycles. The Bertz CT molecular complexity index is 469. The first-order valence-corrected chi connectivity index (χ1v) is 7.96. The Hall–Kier alpha value is -0.100. The molecule has 0 spiro atoms. The van der Waals surface area contributed by atoms with Gasteiger partial charge in [-0.25, -0.2) is 8.42 Å². The second-order valence-corrected chi connectivity index (χ2v) is 7.71. The molecule has 16 heavy (non-hydrogen) atoms. The van der Waals surface area contributed by atoms with E-state index in [0.717, 1.165) is 30.6 Å². The zero-order chi connectivity index (χ0) is 11.8. The van der Waals surface area contributed by atoms with Crippen LogP contribution in [-0.4, -0.2) is 25.3 Å². The maximum absolute atomic E-state index is 12.3. The quantitative estimate of drug-likeness (QED) is 0.853. The van der Waals surface area contributed by atoms with Crippen LogP contribution in [0.2, 0.25) is 4.34 Å². The van der Waals surface area contributed by atoms with E-state index >= 15 is 0 Å². The minimum Gasteiger partial charge on any atom is -0.206 e. The van der Waals surface area contributed by atoms with Crippen molar-refractivity contribution in [2.75, 3.05) is 6.54 Å². The molecular formula is C10H14ClNO2S2. The van der Waals surface area contributed by atoms with Crippen molar-refractivity contribution in [3.05, 3.63) is 16.5 Å². The van der Waals surface area contributed by atoms with Crippen LogP contribution in [0.1, 0.15) is 26.2 Å². The Morgan fingerprint density at radius 1 is 1.56 bits per heavy atom. The van der Waals surface area contributed by atoms with Crippen molar-refractivity contribution in [1.82, 2.24) is 4.31 Å². The molecule has 1 aromatic rings. The van der Waals surface area contributed by atoms with Crippen molar-refractivity contribution >= 4 is 33.0 Å². The molecule has 0 bridgehead atoms. The van der Waals surface area contributed by atoms with E-state index in [0.29, 0.717) is 15.1 Å². The van der Waals surface area contributed by atoms with E-state index in [2.05, 4.69) is 0 Å². The highest BCUT2D eigenvalue weighted by molar-refractivity contribution is 7.91. The third-order valence-electron chi connectivity index (χ3n) is 2.91. The van der Waals surface area contributed by atoms with Crippen LogP contribution >= 0.6 is 22.9 Å². The van der Waals surface area contributed by atoms with Gasteiger partial charge in [-0.05, 0) is 31.4 Å². The highest BCUT2D eigenvalue weighted by Crippen LogP contribution is 2.32. The topological polar surface area (TPSA) is 37.4 Å². The van der Waals surface area contributed by atoms with E-state index in [-0.39, 0.29) is 6.04 Å². The average Bonchev–Trinajstić information content (AvgIpc) is 2.85. The second kappa shape index (κ2) is 4.64. The minimum atomic E-state index is -3.31. The summed E-state index contributed by atoms with van der Waals surface area (Å²) in [6, 6.07) is 3.38. The first-order valence-electron chi connectivity index (χ1n) is 5.33. The van der Waals surface area contributed by atoms with E-state index in [9.17, 15) is 8.42 Å². The molecule has 2 rings (SSSR count). The van der Waals surface area contributed by atoms with Gasteiger partial charge in [-0.3, -0.25) is 0 Å². The molecule has 0 radical (unpaired) electrons. The number of thiophene rings is 1. The van der Waals surface area contributed by atoms with Gasteiger partial charge in [0.15, 0.2) is 0 Å². The van der Waals surface area contributed by atoms with Gasteiger partial charge < -0.3 is 0 Å². The van der Waals surface area contributed by atoms with Crippen LogP contribution in [0.4, 0.5) is 0 Å². The molecule has 0 aromatic carbocycles. The van der Waals surface area contributed by atoms with Crippen LogP contribution in [-0.2, 0) is 10.0 Å².